The van der Waals surface area contributed by atoms with Crippen LogP contribution in [-0.2, 0) is 17.1 Å². The normalized spacial score (nSPS) is 14.0. The van der Waals surface area contributed by atoms with Crippen LogP contribution in [0.5, 0.6) is 0 Å². The van der Waals surface area contributed by atoms with Gasteiger partial charge < -0.3 is 20.8 Å². The van der Waals surface area contributed by atoms with Gasteiger partial charge in [-0.15, -0.1) is 11.4 Å². The Kier molecular flexibility index (Phi) is 10.6. The van der Waals surface area contributed by atoms with Gasteiger partial charge in [-0.3, -0.25) is 9.59 Å². The van der Waals surface area contributed by atoms with Gasteiger partial charge in [0.1, 0.15) is 0 Å². The van der Waals surface area contributed by atoms with Gasteiger partial charge in [-0.25, -0.2) is 0 Å². The molecule has 8 rings (SSSR count). The number of hydrogen-bond donors (Lipinski definition) is 0. The molecule has 6 nitrogen and oxygen atoms in total. The summed E-state index contributed by atoms with van der Waals surface area (Å²) in [6.07, 6.45) is 0. The summed E-state index contributed by atoms with van der Waals surface area (Å²) in [7, 11) is 0. The Bertz CT molecular complexity index is 2060. The maximum absolute atomic E-state index is 12.9. The fraction of sp³-hybridized carbons (Fsp3) is 0.0455. The van der Waals surface area contributed by atoms with Gasteiger partial charge in [-0.05, 0) is 22.3 Å². The van der Waals surface area contributed by atoms with E-state index in [4.69, 9.17) is 10.6 Å². The van der Waals surface area contributed by atoms with E-state index in [9.17, 15) is 19.8 Å². The molecule has 0 bridgehead atoms. The largest absolute Gasteiger partial charge is 2.00 e. The van der Waals surface area contributed by atoms with Gasteiger partial charge in [0, 0.05) is 11.1 Å². The maximum Gasteiger partial charge on any atom is 2.00 e. The summed E-state index contributed by atoms with van der Waals surface area (Å²) in [5, 5.41) is 35.2. The fourth-order valence-electron chi connectivity index (χ4n) is 6.25. The van der Waals surface area contributed by atoms with Gasteiger partial charge in [0.2, 0.25) is 0 Å². The summed E-state index contributed by atoms with van der Waals surface area (Å²) in [6, 6.07) is 50.5. The van der Waals surface area contributed by atoms with Crippen molar-refractivity contribution in [2.45, 2.75) is 12.1 Å². The predicted octanol–water partition coefficient (Wildman–Crippen LogP) is 8.80. The van der Waals surface area contributed by atoms with Crippen molar-refractivity contribution in [3.05, 3.63) is 225 Å². The molecule has 0 heterocycles. The number of para-hydroxylation sites is 2. The van der Waals surface area contributed by atoms with E-state index in [0.717, 1.165) is 22.5 Å². The zero-order valence-corrected chi connectivity index (χ0v) is 28.1. The Morgan fingerprint density at radius 1 is 0.373 bits per heavy atom. The van der Waals surface area contributed by atoms with Crippen molar-refractivity contribution in [2.75, 3.05) is 0 Å². The van der Waals surface area contributed by atoms with Crippen LogP contribution >= 0.6 is 0 Å². The predicted molar refractivity (Wildman–Crippen MR) is 193 cm³/mol. The zero-order valence-electron chi connectivity index (χ0n) is 27.1. The fourth-order valence-corrected chi connectivity index (χ4v) is 6.25. The van der Waals surface area contributed by atoms with Gasteiger partial charge in [0.15, 0.2) is 11.6 Å². The molecule has 2 atom stereocenters. The number of Topliss-reactive ketones (excluding diaryl/α,β-unsaturated/α-hetero) is 2. The standard InChI is InChI=1S/2C22H16NO2.Cu/c2*24-21-17-13-7-8-14-18(17)22(25)19(21)20(15-9-3-1-4-10-15)23-16-11-5-2-6-12-16;/h2*1-14,20H,(H,24,25);/q2*-1;+2/p-2. The molecule has 0 saturated carbocycles. The molecule has 7 heteroatoms. The molecule has 0 saturated heterocycles. The third-order valence-corrected chi connectivity index (χ3v) is 8.66. The summed E-state index contributed by atoms with van der Waals surface area (Å²) in [5.74, 6) is -0.911. The van der Waals surface area contributed by atoms with Crippen LogP contribution < -0.4 is 10.2 Å². The van der Waals surface area contributed by atoms with E-state index in [1.807, 2.05) is 121 Å². The van der Waals surface area contributed by atoms with Crippen LogP contribution in [0.25, 0.3) is 22.2 Å². The molecule has 0 fully saturated rings. The molecule has 0 N–H and O–H groups in total. The van der Waals surface area contributed by atoms with E-state index in [1.54, 1.807) is 48.5 Å². The molecular formula is C44H30CuN2O4-2. The molecule has 1 radical (unpaired) electrons. The minimum Gasteiger partial charge on any atom is -0.872 e. The number of fused-ring (bicyclic) bond motifs is 2. The summed E-state index contributed by atoms with van der Waals surface area (Å²) < 4.78 is 0. The molecule has 0 aromatic heterocycles. The summed E-state index contributed by atoms with van der Waals surface area (Å²) in [6.45, 7) is 0. The molecule has 2 aliphatic carbocycles. The number of nitrogens with zero attached hydrogens (tertiary/aromatic N) is 2. The minimum absolute atomic E-state index is 0. The average molecular weight is 714 g/mol. The van der Waals surface area contributed by atoms with Gasteiger partial charge in [-0.2, -0.15) is 0 Å². The van der Waals surface area contributed by atoms with E-state index in [2.05, 4.69) is 0 Å². The first kappa shape index (κ1) is 34.7. The quantitative estimate of drug-likeness (QED) is 0.147. The first-order valence-electron chi connectivity index (χ1n) is 16.2. The van der Waals surface area contributed by atoms with Crippen molar-refractivity contribution in [3.63, 3.8) is 0 Å². The SMILES string of the molecule is O=C1C(C([N-]c2ccccc2)c2ccccc2)=C([O-])c2ccccc21.O=C1C(C([N-]c2ccccc2)c2ccccc2)=C([O-])c2ccccc21.[Cu+2]. The van der Waals surface area contributed by atoms with E-state index < -0.39 is 12.1 Å². The van der Waals surface area contributed by atoms with Crippen LogP contribution in [-0.4, -0.2) is 11.6 Å². The zero-order chi connectivity index (χ0) is 34.5. The minimum atomic E-state index is -0.615. The Morgan fingerprint density at radius 2 is 0.647 bits per heavy atom. The number of carbonyl (C=O) groups excluding carboxylic acids is 2. The van der Waals surface area contributed by atoms with Gasteiger partial charge in [0.25, 0.3) is 0 Å². The topological polar surface area (TPSA) is 108 Å². The molecule has 51 heavy (non-hydrogen) atoms. The molecule has 0 spiro atoms. The first-order valence-corrected chi connectivity index (χ1v) is 16.2. The monoisotopic (exact) mass is 713 g/mol. The van der Waals surface area contributed by atoms with Crippen molar-refractivity contribution in [2.24, 2.45) is 0 Å². The number of ketones is 2. The molecule has 6 aromatic rings. The third-order valence-electron chi connectivity index (χ3n) is 8.66. The van der Waals surface area contributed by atoms with E-state index in [-0.39, 0.29) is 51.3 Å². The third kappa shape index (κ3) is 7.12. The molecule has 2 unspecified atom stereocenters. The summed E-state index contributed by atoms with van der Waals surface area (Å²) >= 11 is 0. The molecule has 6 aromatic carbocycles. The van der Waals surface area contributed by atoms with Crippen LogP contribution in [0.3, 0.4) is 0 Å². The number of hydrogen-bond acceptors (Lipinski definition) is 4. The molecule has 253 valence electrons. The Labute approximate surface area is 307 Å². The van der Waals surface area contributed by atoms with E-state index in [1.165, 1.54) is 0 Å². The van der Waals surface area contributed by atoms with Crippen LogP contribution in [0.1, 0.15) is 55.1 Å². The smallest absolute Gasteiger partial charge is 0.872 e. The van der Waals surface area contributed by atoms with Gasteiger partial charge >= 0.3 is 17.1 Å². The molecular weight excluding hydrogens is 684 g/mol. The van der Waals surface area contributed by atoms with Gasteiger partial charge in [-0.1, -0.05) is 205 Å². The van der Waals surface area contributed by atoms with Crippen molar-refractivity contribution >= 4 is 34.5 Å². The van der Waals surface area contributed by atoms with Crippen LogP contribution in [0.15, 0.2) is 181 Å². The Hall–Kier alpha value is -6.14. The van der Waals surface area contributed by atoms with Crippen molar-refractivity contribution in [3.8, 4) is 0 Å². The maximum atomic E-state index is 12.9. The molecule has 0 aliphatic heterocycles. The molecule has 0 amide bonds. The van der Waals surface area contributed by atoms with Crippen LogP contribution in [0.2, 0.25) is 0 Å². The number of benzene rings is 6. The number of carbonyl (C=O) groups is 2. The van der Waals surface area contributed by atoms with Crippen LogP contribution in [0.4, 0.5) is 11.4 Å². The summed E-state index contributed by atoms with van der Waals surface area (Å²) in [4.78, 5) is 25.8. The first-order chi connectivity index (χ1) is 24.5. The Morgan fingerprint density at radius 3 is 0.961 bits per heavy atom. The second-order valence-corrected chi connectivity index (χ2v) is 11.8. The van der Waals surface area contributed by atoms with E-state index in [0.29, 0.717) is 22.3 Å². The summed E-state index contributed by atoms with van der Waals surface area (Å²) in [5.41, 5.74) is 5.43. The second kappa shape index (κ2) is 15.6. The van der Waals surface area contributed by atoms with Crippen LogP contribution in [0, 0.1) is 0 Å². The van der Waals surface area contributed by atoms with Crippen molar-refractivity contribution in [1.29, 1.82) is 0 Å². The molecule has 2 aliphatic rings. The second-order valence-electron chi connectivity index (χ2n) is 11.8. The average Bonchev–Trinajstić information content (AvgIpc) is 3.58. The Balaban J connectivity index is 0.000000172. The number of rotatable bonds is 8. The van der Waals surface area contributed by atoms with Crippen molar-refractivity contribution in [1.82, 2.24) is 0 Å². The van der Waals surface area contributed by atoms with Crippen molar-refractivity contribution < 1.29 is 36.9 Å². The van der Waals surface area contributed by atoms with Gasteiger partial charge in [0.05, 0.1) is 0 Å². The van der Waals surface area contributed by atoms with E-state index >= 15 is 0 Å².